The van der Waals surface area contributed by atoms with Gasteiger partial charge in [0.25, 0.3) is 0 Å². The Morgan fingerprint density at radius 2 is 2.26 bits per heavy atom. The minimum atomic E-state index is -0.195. The summed E-state index contributed by atoms with van der Waals surface area (Å²) >= 11 is 0. The zero-order valence-corrected chi connectivity index (χ0v) is 11.0. The highest BCUT2D eigenvalue weighted by atomic mass is 16.5. The van der Waals surface area contributed by atoms with E-state index in [0.29, 0.717) is 5.88 Å². The Morgan fingerprint density at radius 3 is 3.00 bits per heavy atom. The van der Waals surface area contributed by atoms with Gasteiger partial charge in [0.1, 0.15) is 0 Å². The van der Waals surface area contributed by atoms with Gasteiger partial charge in [-0.1, -0.05) is 18.2 Å². The number of β-amino-alcohol motifs (C(OH)–C–C–N with tert-alkyl or cyclic N) is 1. The van der Waals surface area contributed by atoms with E-state index in [9.17, 15) is 5.11 Å². The van der Waals surface area contributed by atoms with Crippen molar-refractivity contribution in [1.82, 2.24) is 9.88 Å². The van der Waals surface area contributed by atoms with E-state index >= 15 is 0 Å². The predicted octanol–water partition coefficient (Wildman–Crippen LogP) is 1.81. The highest BCUT2D eigenvalue weighted by Gasteiger charge is 2.21. The van der Waals surface area contributed by atoms with Crippen molar-refractivity contribution in [2.24, 2.45) is 0 Å². The van der Waals surface area contributed by atoms with Gasteiger partial charge in [-0.05, 0) is 18.6 Å². The number of methoxy groups -OCH3 is 1. The highest BCUT2D eigenvalue weighted by Crippen LogP contribution is 2.24. The first-order chi connectivity index (χ1) is 9.26. The molecule has 2 heterocycles. The van der Waals surface area contributed by atoms with Crippen LogP contribution in [0.4, 0.5) is 0 Å². The SMILES string of the molecule is COc1nc2ccccc2cc1CN1CC[C@@H](O)C1. The fourth-order valence-electron chi connectivity index (χ4n) is 2.63. The smallest absolute Gasteiger partial charge is 0.218 e. The van der Waals surface area contributed by atoms with Crippen LogP contribution < -0.4 is 4.74 Å². The molecule has 1 aliphatic heterocycles. The second-order valence-electron chi connectivity index (χ2n) is 5.03. The van der Waals surface area contributed by atoms with Crippen molar-refractivity contribution in [1.29, 1.82) is 0 Å². The minimum absolute atomic E-state index is 0.195. The van der Waals surface area contributed by atoms with E-state index in [1.165, 1.54) is 0 Å². The Bertz CT molecular complexity index is 585. The number of para-hydroxylation sites is 1. The average molecular weight is 258 g/mol. The summed E-state index contributed by atoms with van der Waals surface area (Å²) in [7, 11) is 1.65. The van der Waals surface area contributed by atoms with Crippen molar-refractivity contribution in [3.8, 4) is 5.88 Å². The maximum atomic E-state index is 9.59. The molecule has 0 bridgehead atoms. The van der Waals surface area contributed by atoms with Crippen LogP contribution in [-0.4, -0.2) is 41.3 Å². The number of benzene rings is 1. The third-order valence-electron chi connectivity index (χ3n) is 3.60. The molecule has 100 valence electrons. The number of aliphatic hydroxyl groups is 1. The van der Waals surface area contributed by atoms with Crippen LogP contribution in [-0.2, 0) is 6.54 Å². The van der Waals surface area contributed by atoms with Crippen LogP contribution in [0.5, 0.6) is 5.88 Å². The summed E-state index contributed by atoms with van der Waals surface area (Å²) in [6.07, 6.45) is 0.656. The van der Waals surface area contributed by atoms with Crippen LogP contribution in [0.2, 0.25) is 0 Å². The molecular weight excluding hydrogens is 240 g/mol. The maximum absolute atomic E-state index is 9.59. The first-order valence-corrected chi connectivity index (χ1v) is 6.59. The first kappa shape index (κ1) is 12.4. The number of nitrogens with zero attached hydrogens (tertiary/aromatic N) is 2. The second-order valence-corrected chi connectivity index (χ2v) is 5.03. The Morgan fingerprint density at radius 1 is 1.42 bits per heavy atom. The third kappa shape index (κ3) is 2.55. The Balaban J connectivity index is 1.92. The fourth-order valence-corrected chi connectivity index (χ4v) is 2.63. The zero-order chi connectivity index (χ0) is 13.2. The van der Waals surface area contributed by atoms with Crippen molar-refractivity contribution in [2.45, 2.75) is 19.1 Å². The molecule has 1 aromatic carbocycles. The van der Waals surface area contributed by atoms with Gasteiger partial charge in [-0.15, -0.1) is 0 Å². The fraction of sp³-hybridized carbons (Fsp3) is 0.400. The summed E-state index contributed by atoms with van der Waals surface area (Å²) in [6, 6.07) is 10.2. The molecule has 1 atom stereocenters. The van der Waals surface area contributed by atoms with E-state index in [4.69, 9.17) is 4.74 Å². The predicted molar refractivity (Wildman–Crippen MR) is 74.2 cm³/mol. The molecule has 0 aliphatic carbocycles. The number of hydrogen-bond acceptors (Lipinski definition) is 4. The van der Waals surface area contributed by atoms with E-state index in [1.807, 2.05) is 18.2 Å². The monoisotopic (exact) mass is 258 g/mol. The molecule has 1 aliphatic rings. The van der Waals surface area contributed by atoms with Gasteiger partial charge in [-0.25, -0.2) is 4.98 Å². The molecule has 2 aromatic rings. The molecule has 1 N–H and O–H groups in total. The Hall–Kier alpha value is -1.65. The van der Waals surface area contributed by atoms with Gasteiger partial charge in [0.15, 0.2) is 0 Å². The molecule has 1 saturated heterocycles. The first-order valence-electron chi connectivity index (χ1n) is 6.59. The molecule has 1 aromatic heterocycles. The van der Waals surface area contributed by atoms with Crippen molar-refractivity contribution < 1.29 is 9.84 Å². The van der Waals surface area contributed by atoms with E-state index in [0.717, 1.165) is 42.5 Å². The standard InChI is InChI=1S/C15H18N2O2/c1-19-15-12(9-17-7-6-13(18)10-17)8-11-4-2-3-5-14(11)16-15/h2-5,8,13,18H,6-7,9-10H2,1H3/t13-/m1/s1. The quantitative estimate of drug-likeness (QED) is 0.912. The largest absolute Gasteiger partial charge is 0.481 e. The number of fused-ring (bicyclic) bond motifs is 1. The van der Waals surface area contributed by atoms with E-state index in [1.54, 1.807) is 7.11 Å². The number of pyridine rings is 1. The van der Waals surface area contributed by atoms with Crippen LogP contribution in [0.1, 0.15) is 12.0 Å². The molecule has 1 fully saturated rings. The summed E-state index contributed by atoms with van der Waals surface area (Å²) in [4.78, 5) is 6.78. The molecule has 0 saturated carbocycles. The summed E-state index contributed by atoms with van der Waals surface area (Å²) in [5.74, 6) is 0.681. The van der Waals surface area contributed by atoms with Gasteiger partial charge < -0.3 is 9.84 Å². The average Bonchev–Trinajstić information content (AvgIpc) is 2.83. The van der Waals surface area contributed by atoms with Gasteiger partial charge in [-0.2, -0.15) is 0 Å². The minimum Gasteiger partial charge on any atom is -0.481 e. The molecule has 4 nitrogen and oxygen atoms in total. The van der Waals surface area contributed by atoms with Gasteiger partial charge in [0.2, 0.25) is 5.88 Å². The molecule has 0 spiro atoms. The molecule has 19 heavy (non-hydrogen) atoms. The number of likely N-dealkylation sites (tertiary alicyclic amines) is 1. The molecular formula is C15H18N2O2. The van der Waals surface area contributed by atoms with E-state index in [2.05, 4.69) is 22.0 Å². The number of aliphatic hydroxyl groups excluding tert-OH is 1. The van der Waals surface area contributed by atoms with Crippen LogP contribution in [0.25, 0.3) is 10.9 Å². The molecule has 3 rings (SSSR count). The van der Waals surface area contributed by atoms with Gasteiger partial charge in [0.05, 0.1) is 18.7 Å². The van der Waals surface area contributed by atoms with Crippen molar-refractivity contribution in [3.05, 3.63) is 35.9 Å². The molecule has 4 heteroatoms. The van der Waals surface area contributed by atoms with Crippen LogP contribution in [0.15, 0.2) is 30.3 Å². The van der Waals surface area contributed by atoms with Crippen LogP contribution >= 0.6 is 0 Å². The van der Waals surface area contributed by atoms with Crippen LogP contribution in [0, 0.1) is 0 Å². The summed E-state index contributed by atoms with van der Waals surface area (Å²) < 4.78 is 5.39. The lowest BCUT2D eigenvalue weighted by Gasteiger charge is -2.17. The lowest BCUT2D eigenvalue weighted by Crippen LogP contribution is -2.22. The maximum Gasteiger partial charge on any atom is 0.218 e. The van der Waals surface area contributed by atoms with Crippen molar-refractivity contribution in [3.63, 3.8) is 0 Å². The summed E-state index contributed by atoms with van der Waals surface area (Å²) in [5.41, 5.74) is 2.03. The number of ether oxygens (including phenoxy) is 1. The molecule has 0 radical (unpaired) electrons. The normalized spacial score (nSPS) is 20.0. The number of aromatic nitrogens is 1. The lowest BCUT2D eigenvalue weighted by atomic mass is 10.1. The Labute approximate surface area is 112 Å². The third-order valence-corrected chi connectivity index (χ3v) is 3.60. The van der Waals surface area contributed by atoms with Gasteiger partial charge in [-0.3, -0.25) is 4.90 Å². The summed E-state index contributed by atoms with van der Waals surface area (Å²) in [6.45, 7) is 2.44. The van der Waals surface area contributed by atoms with Crippen LogP contribution in [0.3, 0.4) is 0 Å². The topological polar surface area (TPSA) is 45.6 Å². The van der Waals surface area contributed by atoms with E-state index in [-0.39, 0.29) is 6.10 Å². The van der Waals surface area contributed by atoms with Gasteiger partial charge >= 0.3 is 0 Å². The number of hydrogen-bond donors (Lipinski definition) is 1. The highest BCUT2D eigenvalue weighted by molar-refractivity contribution is 5.80. The molecule has 0 amide bonds. The van der Waals surface area contributed by atoms with Crippen molar-refractivity contribution in [2.75, 3.05) is 20.2 Å². The number of rotatable bonds is 3. The zero-order valence-electron chi connectivity index (χ0n) is 11.0. The van der Waals surface area contributed by atoms with Gasteiger partial charge in [0, 0.05) is 30.6 Å². The molecule has 0 unspecified atom stereocenters. The van der Waals surface area contributed by atoms with E-state index < -0.39 is 0 Å². The second kappa shape index (κ2) is 5.15. The summed E-state index contributed by atoms with van der Waals surface area (Å²) in [5, 5.41) is 10.7. The van der Waals surface area contributed by atoms with Crippen molar-refractivity contribution >= 4 is 10.9 Å². The lowest BCUT2D eigenvalue weighted by molar-refractivity contribution is 0.174. The Kier molecular flexibility index (Phi) is 3.36.